The lowest BCUT2D eigenvalue weighted by atomic mass is 10.0. The zero-order chi connectivity index (χ0) is 11.3. The van der Waals surface area contributed by atoms with E-state index in [9.17, 15) is 4.79 Å². The van der Waals surface area contributed by atoms with E-state index in [1.54, 1.807) is 0 Å². The average Bonchev–Trinajstić information content (AvgIpc) is 2.19. The number of hydrogen-bond acceptors (Lipinski definition) is 2. The summed E-state index contributed by atoms with van der Waals surface area (Å²) in [6.45, 7) is 10.8. The maximum absolute atomic E-state index is 11.9. The zero-order valence-electron chi connectivity index (χ0n) is 10.3. The molecule has 1 fully saturated rings. The molecule has 1 unspecified atom stereocenters. The van der Waals surface area contributed by atoms with Crippen LogP contribution in [0.15, 0.2) is 0 Å². The molecule has 0 aromatic carbocycles. The Hall–Kier alpha value is -0.570. The number of nitrogens with zero attached hydrogens (tertiary/aromatic N) is 2. The zero-order valence-corrected chi connectivity index (χ0v) is 10.3. The number of piperidine rings is 1. The average molecular weight is 212 g/mol. The number of rotatable bonds is 4. The molecule has 0 aromatic rings. The molecule has 1 aliphatic rings. The van der Waals surface area contributed by atoms with Crippen molar-refractivity contribution in [3.05, 3.63) is 0 Å². The van der Waals surface area contributed by atoms with Crippen LogP contribution in [0.5, 0.6) is 0 Å². The van der Waals surface area contributed by atoms with Crippen LogP contribution in [0, 0.1) is 5.92 Å². The molecule has 0 bridgehead atoms. The van der Waals surface area contributed by atoms with Gasteiger partial charge in [-0.2, -0.15) is 0 Å². The molecule has 1 aliphatic heterocycles. The third-order valence-electron chi connectivity index (χ3n) is 3.22. The van der Waals surface area contributed by atoms with Gasteiger partial charge in [-0.15, -0.1) is 0 Å². The van der Waals surface area contributed by atoms with E-state index in [2.05, 4.69) is 11.8 Å². The molecular weight excluding hydrogens is 188 g/mol. The summed E-state index contributed by atoms with van der Waals surface area (Å²) >= 11 is 0. The summed E-state index contributed by atoms with van der Waals surface area (Å²) in [4.78, 5) is 16.1. The first kappa shape index (κ1) is 12.5. The van der Waals surface area contributed by atoms with Crippen LogP contribution in [0.25, 0.3) is 0 Å². The SMILES string of the molecule is CCN(CC)C(=O)CN1CCCC(C)C1. The molecule has 15 heavy (non-hydrogen) atoms. The van der Waals surface area contributed by atoms with Crippen molar-refractivity contribution in [3.8, 4) is 0 Å². The fourth-order valence-corrected chi connectivity index (χ4v) is 2.30. The molecular formula is C12H24N2O. The highest BCUT2D eigenvalue weighted by atomic mass is 16.2. The molecule has 3 heteroatoms. The van der Waals surface area contributed by atoms with Crippen LogP contribution in [0.1, 0.15) is 33.6 Å². The van der Waals surface area contributed by atoms with E-state index in [1.807, 2.05) is 18.7 Å². The molecule has 0 aliphatic carbocycles. The lowest BCUT2D eigenvalue weighted by Crippen LogP contribution is -2.43. The van der Waals surface area contributed by atoms with E-state index in [1.165, 1.54) is 12.8 Å². The van der Waals surface area contributed by atoms with E-state index in [4.69, 9.17) is 0 Å². The second-order valence-electron chi connectivity index (χ2n) is 4.55. The van der Waals surface area contributed by atoms with Gasteiger partial charge >= 0.3 is 0 Å². The smallest absolute Gasteiger partial charge is 0.236 e. The van der Waals surface area contributed by atoms with Crippen LogP contribution in [0.2, 0.25) is 0 Å². The largest absolute Gasteiger partial charge is 0.342 e. The maximum atomic E-state index is 11.9. The molecule has 1 atom stereocenters. The third-order valence-corrected chi connectivity index (χ3v) is 3.22. The first-order chi connectivity index (χ1) is 7.17. The second-order valence-corrected chi connectivity index (χ2v) is 4.55. The van der Waals surface area contributed by atoms with Crippen molar-refractivity contribution >= 4 is 5.91 Å². The number of likely N-dealkylation sites (tertiary alicyclic amines) is 1. The molecule has 0 N–H and O–H groups in total. The highest BCUT2D eigenvalue weighted by molar-refractivity contribution is 5.78. The summed E-state index contributed by atoms with van der Waals surface area (Å²) in [6, 6.07) is 0. The number of likely N-dealkylation sites (N-methyl/N-ethyl adjacent to an activating group) is 1. The predicted octanol–water partition coefficient (Wildman–Crippen LogP) is 1.59. The van der Waals surface area contributed by atoms with Crippen molar-refractivity contribution in [2.45, 2.75) is 33.6 Å². The molecule has 88 valence electrons. The van der Waals surface area contributed by atoms with Crippen molar-refractivity contribution in [1.29, 1.82) is 0 Å². The van der Waals surface area contributed by atoms with Crippen LogP contribution < -0.4 is 0 Å². The Morgan fingerprint density at radius 1 is 1.40 bits per heavy atom. The number of carbonyl (C=O) groups excluding carboxylic acids is 1. The van der Waals surface area contributed by atoms with Crippen molar-refractivity contribution in [3.63, 3.8) is 0 Å². The highest BCUT2D eigenvalue weighted by Crippen LogP contribution is 2.15. The summed E-state index contributed by atoms with van der Waals surface area (Å²) in [5.74, 6) is 1.04. The predicted molar refractivity (Wildman–Crippen MR) is 62.8 cm³/mol. The Labute approximate surface area is 93.4 Å². The maximum Gasteiger partial charge on any atom is 0.236 e. The van der Waals surface area contributed by atoms with E-state index in [0.29, 0.717) is 6.54 Å². The number of hydrogen-bond donors (Lipinski definition) is 0. The molecule has 1 rings (SSSR count). The van der Waals surface area contributed by atoms with Crippen molar-refractivity contribution in [2.24, 2.45) is 5.92 Å². The topological polar surface area (TPSA) is 23.6 Å². The Kier molecular flexibility index (Phi) is 5.09. The standard InChI is InChI=1S/C12H24N2O/c1-4-14(5-2)12(15)10-13-8-6-7-11(3)9-13/h11H,4-10H2,1-3H3. The summed E-state index contributed by atoms with van der Waals surface area (Å²) in [7, 11) is 0. The summed E-state index contributed by atoms with van der Waals surface area (Å²) in [5.41, 5.74) is 0. The van der Waals surface area contributed by atoms with Gasteiger partial charge in [-0.1, -0.05) is 6.92 Å². The van der Waals surface area contributed by atoms with Gasteiger partial charge in [0.25, 0.3) is 0 Å². The van der Waals surface area contributed by atoms with Gasteiger partial charge in [0, 0.05) is 19.6 Å². The Morgan fingerprint density at radius 3 is 2.60 bits per heavy atom. The molecule has 1 saturated heterocycles. The van der Waals surface area contributed by atoms with Gasteiger partial charge in [-0.3, -0.25) is 9.69 Å². The molecule has 0 aromatic heterocycles. The Morgan fingerprint density at radius 2 is 2.07 bits per heavy atom. The van der Waals surface area contributed by atoms with E-state index in [0.717, 1.165) is 32.1 Å². The summed E-state index contributed by atoms with van der Waals surface area (Å²) in [6.07, 6.45) is 2.56. The first-order valence-electron chi connectivity index (χ1n) is 6.17. The number of carbonyl (C=O) groups is 1. The lowest BCUT2D eigenvalue weighted by Gasteiger charge is -2.31. The van der Waals surface area contributed by atoms with Crippen LogP contribution in [0.4, 0.5) is 0 Å². The van der Waals surface area contributed by atoms with Gasteiger partial charge in [0.1, 0.15) is 0 Å². The summed E-state index contributed by atoms with van der Waals surface area (Å²) in [5, 5.41) is 0. The quantitative estimate of drug-likeness (QED) is 0.706. The molecule has 0 saturated carbocycles. The van der Waals surface area contributed by atoms with E-state index < -0.39 is 0 Å². The highest BCUT2D eigenvalue weighted by Gasteiger charge is 2.20. The second kappa shape index (κ2) is 6.11. The molecule has 0 spiro atoms. The van der Waals surface area contributed by atoms with E-state index in [-0.39, 0.29) is 5.91 Å². The van der Waals surface area contributed by atoms with Crippen molar-refractivity contribution in [2.75, 3.05) is 32.7 Å². The fraction of sp³-hybridized carbons (Fsp3) is 0.917. The third kappa shape index (κ3) is 3.82. The van der Waals surface area contributed by atoms with E-state index >= 15 is 0 Å². The molecule has 0 radical (unpaired) electrons. The molecule has 1 heterocycles. The fourth-order valence-electron chi connectivity index (χ4n) is 2.30. The first-order valence-corrected chi connectivity index (χ1v) is 6.17. The van der Waals surface area contributed by atoms with Gasteiger partial charge in [0.2, 0.25) is 5.91 Å². The van der Waals surface area contributed by atoms with Crippen LogP contribution >= 0.6 is 0 Å². The summed E-state index contributed by atoms with van der Waals surface area (Å²) < 4.78 is 0. The molecule has 1 amide bonds. The Bertz CT molecular complexity index is 202. The van der Waals surface area contributed by atoms with Crippen LogP contribution in [0.3, 0.4) is 0 Å². The minimum Gasteiger partial charge on any atom is -0.342 e. The van der Waals surface area contributed by atoms with Gasteiger partial charge < -0.3 is 4.90 Å². The van der Waals surface area contributed by atoms with Gasteiger partial charge in [-0.25, -0.2) is 0 Å². The minimum absolute atomic E-state index is 0.286. The molecule has 3 nitrogen and oxygen atoms in total. The van der Waals surface area contributed by atoms with Gasteiger partial charge in [0.05, 0.1) is 6.54 Å². The van der Waals surface area contributed by atoms with Gasteiger partial charge in [-0.05, 0) is 39.2 Å². The van der Waals surface area contributed by atoms with Crippen molar-refractivity contribution in [1.82, 2.24) is 9.80 Å². The van der Waals surface area contributed by atoms with Gasteiger partial charge in [0.15, 0.2) is 0 Å². The van der Waals surface area contributed by atoms with Crippen LogP contribution in [-0.4, -0.2) is 48.4 Å². The number of amides is 1. The van der Waals surface area contributed by atoms with Crippen LogP contribution in [-0.2, 0) is 4.79 Å². The van der Waals surface area contributed by atoms with Crippen molar-refractivity contribution < 1.29 is 4.79 Å². The minimum atomic E-state index is 0.286. The lowest BCUT2D eigenvalue weighted by molar-refractivity contribution is -0.132. The Balaban J connectivity index is 2.36. The normalized spacial score (nSPS) is 22.7. The monoisotopic (exact) mass is 212 g/mol.